The fraction of sp³-hybridized carbons (Fsp3) is 0.316. The zero-order valence-electron chi connectivity index (χ0n) is 13.5. The van der Waals surface area contributed by atoms with E-state index in [1.165, 1.54) is 4.31 Å². The molecule has 4 nitrogen and oxygen atoms in total. The van der Waals surface area contributed by atoms with Gasteiger partial charge in [0.1, 0.15) is 0 Å². The van der Waals surface area contributed by atoms with E-state index in [2.05, 4.69) is 0 Å². The first kappa shape index (κ1) is 16.9. The van der Waals surface area contributed by atoms with Crippen LogP contribution in [0.5, 0.6) is 0 Å². The van der Waals surface area contributed by atoms with Gasteiger partial charge in [0.15, 0.2) is 5.78 Å². The van der Waals surface area contributed by atoms with Crippen molar-refractivity contribution in [1.29, 1.82) is 0 Å². The van der Waals surface area contributed by atoms with Crippen molar-refractivity contribution in [2.75, 3.05) is 12.3 Å². The average molecular weight is 343 g/mol. The monoisotopic (exact) mass is 343 g/mol. The number of sulfonamides is 1. The molecule has 3 rings (SSSR count). The summed E-state index contributed by atoms with van der Waals surface area (Å²) in [6.45, 7) is 0.431. The highest BCUT2D eigenvalue weighted by molar-refractivity contribution is 7.89. The number of Topliss-reactive ketones (excluding diaryl/α,β-unsaturated/α-hetero) is 1. The maximum absolute atomic E-state index is 12.7. The van der Waals surface area contributed by atoms with Crippen LogP contribution in [0, 0.1) is 0 Å². The third kappa shape index (κ3) is 3.74. The molecule has 2 aromatic carbocycles. The maximum Gasteiger partial charge on any atom is 0.215 e. The van der Waals surface area contributed by atoms with Crippen molar-refractivity contribution in [2.24, 2.45) is 0 Å². The smallest absolute Gasteiger partial charge is 0.215 e. The van der Waals surface area contributed by atoms with Crippen LogP contribution in [0.4, 0.5) is 0 Å². The minimum Gasteiger partial charge on any atom is -0.292 e. The van der Waals surface area contributed by atoms with E-state index < -0.39 is 16.1 Å². The van der Waals surface area contributed by atoms with E-state index >= 15 is 0 Å². The van der Waals surface area contributed by atoms with Gasteiger partial charge in [-0.25, -0.2) is 8.42 Å². The summed E-state index contributed by atoms with van der Waals surface area (Å²) in [5, 5.41) is 0. The Morgan fingerprint density at radius 1 is 1.00 bits per heavy atom. The Kier molecular flexibility index (Phi) is 5.11. The zero-order valence-corrected chi connectivity index (χ0v) is 14.3. The molecule has 24 heavy (non-hydrogen) atoms. The summed E-state index contributed by atoms with van der Waals surface area (Å²) in [6.07, 6.45) is 1.79. The Bertz CT molecular complexity index is 788. The number of carbonyl (C=O) groups excluding carboxylic acids is 1. The average Bonchev–Trinajstić information content (AvgIpc) is 3.12. The second kappa shape index (κ2) is 7.28. The number of carbonyl (C=O) groups is 1. The number of aryl methyl sites for hydroxylation is 1. The molecular weight excluding hydrogens is 322 g/mol. The first-order valence-corrected chi connectivity index (χ1v) is 9.81. The maximum atomic E-state index is 12.7. The van der Waals surface area contributed by atoms with Gasteiger partial charge in [0, 0.05) is 12.1 Å². The van der Waals surface area contributed by atoms with Crippen molar-refractivity contribution in [2.45, 2.75) is 25.3 Å². The van der Waals surface area contributed by atoms with Gasteiger partial charge in [0.05, 0.1) is 11.8 Å². The van der Waals surface area contributed by atoms with Gasteiger partial charge in [-0.3, -0.25) is 4.79 Å². The molecule has 0 aromatic heterocycles. The summed E-state index contributed by atoms with van der Waals surface area (Å²) in [5.74, 6) is -0.0633. The van der Waals surface area contributed by atoms with E-state index in [-0.39, 0.29) is 11.5 Å². The van der Waals surface area contributed by atoms with Crippen molar-refractivity contribution < 1.29 is 13.2 Å². The lowest BCUT2D eigenvalue weighted by Crippen LogP contribution is -2.42. The van der Waals surface area contributed by atoms with Crippen LogP contribution in [0.25, 0.3) is 0 Å². The fourth-order valence-corrected chi connectivity index (χ4v) is 4.86. The molecule has 1 fully saturated rings. The van der Waals surface area contributed by atoms with Crippen LogP contribution >= 0.6 is 0 Å². The number of hydrogen-bond donors (Lipinski definition) is 0. The summed E-state index contributed by atoms with van der Waals surface area (Å²) >= 11 is 0. The quantitative estimate of drug-likeness (QED) is 0.758. The van der Waals surface area contributed by atoms with Crippen LogP contribution < -0.4 is 0 Å². The van der Waals surface area contributed by atoms with Gasteiger partial charge in [-0.2, -0.15) is 4.31 Å². The van der Waals surface area contributed by atoms with Crippen LogP contribution in [-0.4, -0.2) is 36.8 Å². The number of benzene rings is 2. The van der Waals surface area contributed by atoms with Gasteiger partial charge in [-0.1, -0.05) is 60.7 Å². The molecule has 1 heterocycles. The van der Waals surface area contributed by atoms with E-state index in [4.69, 9.17) is 0 Å². The Morgan fingerprint density at radius 2 is 1.62 bits per heavy atom. The van der Waals surface area contributed by atoms with Crippen LogP contribution in [0.2, 0.25) is 0 Å². The Labute approximate surface area is 143 Å². The molecule has 0 spiro atoms. The minimum atomic E-state index is -3.45. The predicted octanol–water partition coefficient (Wildman–Crippen LogP) is 2.91. The van der Waals surface area contributed by atoms with E-state index in [9.17, 15) is 13.2 Å². The lowest BCUT2D eigenvalue weighted by molar-refractivity contribution is 0.0918. The molecule has 0 aliphatic carbocycles. The lowest BCUT2D eigenvalue weighted by atomic mass is 10.0. The van der Waals surface area contributed by atoms with Crippen molar-refractivity contribution in [3.63, 3.8) is 0 Å². The normalized spacial score (nSPS) is 18.6. The highest BCUT2D eigenvalue weighted by Crippen LogP contribution is 2.25. The first-order valence-electron chi connectivity index (χ1n) is 8.20. The van der Waals surface area contributed by atoms with Crippen molar-refractivity contribution in [1.82, 2.24) is 4.31 Å². The third-order valence-electron chi connectivity index (χ3n) is 4.41. The molecule has 1 unspecified atom stereocenters. The molecule has 1 atom stereocenters. The first-order chi connectivity index (χ1) is 11.6. The number of hydrogen-bond acceptors (Lipinski definition) is 3. The number of ketones is 1. The SMILES string of the molecule is O=C(c1ccccc1)C1CCCN1S(=O)(=O)CCc1ccccc1. The summed E-state index contributed by atoms with van der Waals surface area (Å²) in [7, 11) is -3.45. The van der Waals surface area contributed by atoms with Crippen LogP contribution in [-0.2, 0) is 16.4 Å². The third-order valence-corrected chi connectivity index (χ3v) is 6.29. The molecule has 0 amide bonds. The number of nitrogens with zero attached hydrogens (tertiary/aromatic N) is 1. The van der Waals surface area contributed by atoms with Gasteiger partial charge in [-0.15, -0.1) is 0 Å². The Hall–Kier alpha value is -1.98. The predicted molar refractivity (Wildman–Crippen MR) is 94.4 cm³/mol. The van der Waals surface area contributed by atoms with Crippen LogP contribution in [0.15, 0.2) is 60.7 Å². The largest absolute Gasteiger partial charge is 0.292 e. The van der Waals surface area contributed by atoms with Gasteiger partial charge < -0.3 is 0 Å². The van der Waals surface area contributed by atoms with Crippen LogP contribution in [0.3, 0.4) is 0 Å². The van der Waals surface area contributed by atoms with Crippen LogP contribution in [0.1, 0.15) is 28.8 Å². The van der Waals surface area contributed by atoms with Gasteiger partial charge in [-0.05, 0) is 24.8 Å². The van der Waals surface area contributed by atoms with Gasteiger partial charge in [0.25, 0.3) is 0 Å². The summed E-state index contributed by atoms with van der Waals surface area (Å²) in [6, 6.07) is 17.9. The molecule has 1 aliphatic heterocycles. The molecule has 1 saturated heterocycles. The molecule has 0 N–H and O–H groups in total. The highest BCUT2D eigenvalue weighted by Gasteiger charge is 2.38. The molecule has 126 valence electrons. The second-order valence-electron chi connectivity index (χ2n) is 6.05. The molecule has 0 saturated carbocycles. The minimum absolute atomic E-state index is 0.0373. The highest BCUT2D eigenvalue weighted by atomic mass is 32.2. The van der Waals surface area contributed by atoms with Gasteiger partial charge in [0.2, 0.25) is 10.0 Å². The summed E-state index contributed by atoms with van der Waals surface area (Å²) < 4.78 is 26.9. The zero-order chi connectivity index (χ0) is 17.0. The molecule has 5 heteroatoms. The van der Waals surface area contributed by atoms with Crippen molar-refractivity contribution in [3.05, 3.63) is 71.8 Å². The van der Waals surface area contributed by atoms with E-state index in [1.807, 2.05) is 36.4 Å². The lowest BCUT2D eigenvalue weighted by Gasteiger charge is -2.23. The van der Waals surface area contributed by atoms with E-state index in [0.29, 0.717) is 24.9 Å². The standard InChI is InChI=1S/C19H21NO3S/c21-19(17-10-5-2-6-11-17)18-12-7-14-20(18)24(22,23)15-13-16-8-3-1-4-9-16/h1-6,8-11,18H,7,12-15H2. The van der Waals surface area contributed by atoms with E-state index in [0.717, 1.165) is 12.0 Å². The molecular formula is C19H21NO3S. The molecule has 0 bridgehead atoms. The Balaban J connectivity index is 1.73. The second-order valence-corrected chi connectivity index (χ2v) is 8.09. The topological polar surface area (TPSA) is 54.5 Å². The molecule has 1 aliphatic rings. The van der Waals surface area contributed by atoms with Crippen molar-refractivity contribution >= 4 is 15.8 Å². The van der Waals surface area contributed by atoms with E-state index in [1.54, 1.807) is 24.3 Å². The fourth-order valence-electron chi connectivity index (χ4n) is 3.14. The summed E-state index contributed by atoms with van der Waals surface area (Å²) in [5.41, 5.74) is 1.57. The Morgan fingerprint density at radius 3 is 2.29 bits per heavy atom. The number of rotatable bonds is 6. The summed E-state index contributed by atoms with van der Waals surface area (Å²) in [4.78, 5) is 12.7. The molecule has 2 aromatic rings. The van der Waals surface area contributed by atoms with Gasteiger partial charge >= 0.3 is 0 Å². The van der Waals surface area contributed by atoms with Crippen molar-refractivity contribution in [3.8, 4) is 0 Å². The molecule has 0 radical (unpaired) electrons.